The van der Waals surface area contributed by atoms with Crippen LogP contribution >= 0.6 is 11.3 Å². The molecule has 0 amide bonds. The summed E-state index contributed by atoms with van der Waals surface area (Å²) in [4.78, 5) is 9.60. The van der Waals surface area contributed by atoms with E-state index in [1.54, 1.807) is 11.3 Å². The molecule has 21 heavy (non-hydrogen) atoms. The lowest BCUT2D eigenvalue weighted by Crippen LogP contribution is -2.46. The molecule has 1 aromatic heterocycles. The second kappa shape index (κ2) is 6.16. The third kappa shape index (κ3) is 3.44. The van der Waals surface area contributed by atoms with Gasteiger partial charge in [-0.05, 0) is 38.0 Å². The second-order valence-corrected chi connectivity index (χ2v) is 6.97. The van der Waals surface area contributed by atoms with Crippen molar-refractivity contribution in [2.24, 2.45) is 0 Å². The van der Waals surface area contributed by atoms with Crippen LogP contribution < -0.4 is 4.90 Å². The number of anilines is 1. The molecular formula is C17H23N3S. The smallest absolute Gasteiger partial charge is 0.0897 e. The minimum absolute atomic E-state index is 0.991. The van der Waals surface area contributed by atoms with Gasteiger partial charge in [-0.3, -0.25) is 4.90 Å². The van der Waals surface area contributed by atoms with Crippen molar-refractivity contribution in [3.05, 3.63) is 45.4 Å². The highest BCUT2D eigenvalue weighted by Gasteiger charge is 2.19. The van der Waals surface area contributed by atoms with Crippen molar-refractivity contribution < 1.29 is 0 Å². The molecule has 0 radical (unpaired) electrons. The molecule has 0 saturated carbocycles. The van der Waals surface area contributed by atoms with E-state index in [1.807, 2.05) is 0 Å². The highest BCUT2D eigenvalue weighted by molar-refractivity contribution is 7.09. The maximum absolute atomic E-state index is 4.57. The maximum atomic E-state index is 4.57. The zero-order chi connectivity index (χ0) is 14.8. The molecule has 1 aromatic carbocycles. The molecule has 3 nitrogen and oxygen atoms in total. The van der Waals surface area contributed by atoms with E-state index in [0.29, 0.717) is 0 Å². The number of aryl methyl sites for hydroxylation is 3. The van der Waals surface area contributed by atoms with Crippen LogP contribution in [0, 0.1) is 20.8 Å². The van der Waals surface area contributed by atoms with E-state index in [-0.39, 0.29) is 0 Å². The average molecular weight is 301 g/mol. The summed E-state index contributed by atoms with van der Waals surface area (Å²) in [5.74, 6) is 0. The summed E-state index contributed by atoms with van der Waals surface area (Å²) in [6.07, 6.45) is 0. The van der Waals surface area contributed by atoms with Gasteiger partial charge in [0.05, 0.1) is 10.7 Å². The summed E-state index contributed by atoms with van der Waals surface area (Å²) in [6.45, 7) is 11.9. The standard InChI is InChI=1S/C17H23N3S/c1-13-4-5-14(2)17(10-13)20-8-6-19(7-9-20)11-16-12-21-15(3)18-16/h4-5,10,12H,6-9,11H2,1-3H3. The third-order valence-electron chi connectivity index (χ3n) is 4.13. The van der Waals surface area contributed by atoms with Crippen molar-refractivity contribution in [2.45, 2.75) is 27.3 Å². The van der Waals surface area contributed by atoms with Crippen LogP contribution in [-0.4, -0.2) is 36.1 Å². The number of hydrogen-bond acceptors (Lipinski definition) is 4. The molecule has 0 aliphatic carbocycles. The van der Waals surface area contributed by atoms with Gasteiger partial charge in [0.25, 0.3) is 0 Å². The number of rotatable bonds is 3. The van der Waals surface area contributed by atoms with Crippen LogP contribution in [0.5, 0.6) is 0 Å². The maximum Gasteiger partial charge on any atom is 0.0897 e. The molecule has 0 N–H and O–H groups in total. The van der Waals surface area contributed by atoms with Gasteiger partial charge in [-0.2, -0.15) is 0 Å². The third-order valence-corrected chi connectivity index (χ3v) is 4.95. The van der Waals surface area contributed by atoms with Crippen LogP contribution in [0.15, 0.2) is 23.6 Å². The Kier molecular flexibility index (Phi) is 4.27. The Morgan fingerprint density at radius 2 is 1.86 bits per heavy atom. The van der Waals surface area contributed by atoms with Gasteiger partial charge >= 0.3 is 0 Å². The molecule has 2 aromatic rings. The van der Waals surface area contributed by atoms with Crippen molar-refractivity contribution in [3.8, 4) is 0 Å². The van der Waals surface area contributed by atoms with Gasteiger partial charge in [-0.1, -0.05) is 12.1 Å². The van der Waals surface area contributed by atoms with Gasteiger partial charge in [0.1, 0.15) is 0 Å². The van der Waals surface area contributed by atoms with Crippen molar-refractivity contribution in [3.63, 3.8) is 0 Å². The Labute approximate surface area is 131 Å². The second-order valence-electron chi connectivity index (χ2n) is 5.91. The first kappa shape index (κ1) is 14.5. The molecule has 1 aliphatic heterocycles. The molecule has 112 valence electrons. The fraction of sp³-hybridized carbons (Fsp3) is 0.471. The van der Waals surface area contributed by atoms with Crippen LogP contribution in [0.1, 0.15) is 21.8 Å². The van der Waals surface area contributed by atoms with E-state index in [0.717, 1.165) is 32.7 Å². The number of hydrogen-bond donors (Lipinski definition) is 0. The molecule has 3 rings (SSSR count). The lowest BCUT2D eigenvalue weighted by molar-refractivity contribution is 0.247. The van der Waals surface area contributed by atoms with Crippen molar-refractivity contribution in [2.75, 3.05) is 31.1 Å². The predicted octanol–water partition coefficient (Wildman–Crippen LogP) is 3.39. The summed E-state index contributed by atoms with van der Waals surface area (Å²) in [5.41, 5.74) is 5.34. The summed E-state index contributed by atoms with van der Waals surface area (Å²) in [5, 5.41) is 3.35. The number of thiazole rings is 1. The minimum Gasteiger partial charge on any atom is -0.369 e. The van der Waals surface area contributed by atoms with E-state index in [2.05, 4.69) is 59.1 Å². The number of piperazine rings is 1. The molecule has 0 unspecified atom stereocenters. The van der Waals surface area contributed by atoms with Crippen LogP contribution in [0.2, 0.25) is 0 Å². The molecule has 1 aliphatic rings. The van der Waals surface area contributed by atoms with Gasteiger partial charge in [-0.25, -0.2) is 4.98 Å². The first-order chi connectivity index (χ1) is 10.1. The summed E-state index contributed by atoms with van der Waals surface area (Å²) in [7, 11) is 0. The van der Waals surface area contributed by atoms with Crippen LogP contribution in [0.25, 0.3) is 0 Å². The molecule has 0 atom stereocenters. The summed E-state index contributed by atoms with van der Waals surface area (Å²) >= 11 is 1.75. The Morgan fingerprint density at radius 3 is 2.52 bits per heavy atom. The molecule has 0 spiro atoms. The van der Waals surface area contributed by atoms with Crippen molar-refractivity contribution >= 4 is 17.0 Å². The number of benzene rings is 1. The van der Waals surface area contributed by atoms with Crippen molar-refractivity contribution in [1.82, 2.24) is 9.88 Å². The van der Waals surface area contributed by atoms with Crippen LogP contribution in [0.4, 0.5) is 5.69 Å². The molecule has 0 bridgehead atoms. The zero-order valence-corrected chi connectivity index (χ0v) is 13.9. The summed E-state index contributed by atoms with van der Waals surface area (Å²) in [6, 6.07) is 6.74. The molecular weight excluding hydrogens is 278 g/mol. The predicted molar refractivity (Wildman–Crippen MR) is 90.3 cm³/mol. The highest BCUT2D eigenvalue weighted by atomic mass is 32.1. The molecule has 1 saturated heterocycles. The first-order valence-electron chi connectivity index (χ1n) is 7.57. The van der Waals surface area contributed by atoms with E-state index in [4.69, 9.17) is 0 Å². The van der Waals surface area contributed by atoms with Gasteiger partial charge in [0.2, 0.25) is 0 Å². The Morgan fingerprint density at radius 1 is 1.10 bits per heavy atom. The van der Waals surface area contributed by atoms with Gasteiger partial charge in [0.15, 0.2) is 0 Å². The van der Waals surface area contributed by atoms with Gasteiger partial charge < -0.3 is 4.90 Å². The van der Waals surface area contributed by atoms with E-state index in [1.165, 1.54) is 27.5 Å². The van der Waals surface area contributed by atoms with E-state index >= 15 is 0 Å². The number of nitrogens with zero attached hydrogens (tertiary/aromatic N) is 3. The quantitative estimate of drug-likeness (QED) is 0.866. The van der Waals surface area contributed by atoms with Crippen LogP contribution in [0.3, 0.4) is 0 Å². The minimum atomic E-state index is 0.991. The lowest BCUT2D eigenvalue weighted by Gasteiger charge is -2.36. The highest BCUT2D eigenvalue weighted by Crippen LogP contribution is 2.23. The van der Waals surface area contributed by atoms with E-state index < -0.39 is 0 Å². The molecule has 4 heteroatoms. The van der Waals surface area contributed by atoms with Crippen molar-refractivity contribution in [1.29, 1.82) is 0 Å². The number of aromatic nitrogens is 1. The normalized spacial score (nSPS) is 16.4. The van der Waals surface area contributed by atoms with Gasteiger partial charge in [-0.15, -0.1) is 11.3 Å². The van der Waals surface area contributed by atoms with E-state index in [9.17, 15) is 0 Å². The Bertz CT molecular complexity index is 612. The fourth-order valence-corrected chi connectivity index (χ4v) is 3.52. The monoisotopic (exact) mass is 301 g/mol. The largest absolute Gasteiger partial charge is 0.369 e. The first-order valence-corrected chi connectivity index (χ1v) is 8.45. The van der Waals surface area contributed by atoms with Gasteiger partial charge in [0, 0.05) is 43.8 Å². The molecule has 2 heterocycles. The zero-order valence-electron chi connectivity index (χ0n) is 13.1. The summed E-state index contributed by atoms with van der Waals surface area (Å²) < 4.78 is 0. The topological polar surface area (TPSA) is 19.4 Å². The fourth-order valence-electron chi connectivity index (χ4n) is 2.92. The Hall–Kier alpha value is -1.39. The Balaban J connectivity index is 1.61. The van der Waals surface area contributed by atoms with Crippen LogP contribution in [-0.2, 0) is 6.54 Å². The SMILES string of the molecule is Cc1ccc(C)c(N2CCN(Cc3csc(C)n3)CC2)c1. The lowest BCUT2D eigenvalue weighted by atomic mass is 10.1. The molecule has 1 fully saturated rings. The average Bonchev–Trinajstić information content (AvgIpc) is 2.88.